The van der Waals surface area contributed by atoms with Crippen molar-refractivity contribution >= 4 is 5.69 Å². The first-order valence-electron chi connectivity index (χ1n) is 6.85. The Kier molecular flexibility index (Phi) is 4.06. The SMILES string of the molecule is CC[C@@H](N)c1ccccc1N(CC)CC1CC1. The van der Waals surface area contributed by atoms with Gasteiger partial charge in [0.15, 0.2) is 0 Å². The molecular weight excluding hydrogens is 208 g/mol. The number of benzene rings is 1. The lowest BCUT2D eigenvalue weighted by molar-refractivity contribution is 0.681. The van der Waals surface area contributed by atoms with E-state index in [4.69, 9.17) is 5.73 Å². The lowest BCUT2D eigenvalue weighted by Crippen LogP contribution is -2.27. The van der Waals surface area contributed by atoms with E-state index in [-0.39, 0.29) is 6.04 Å². The van der Waals surface area contributed by atoms with Crippen LogP contribution in [0.5, 0.6) is 0 Å². The topological polar surface area (TPSA) is 29.3 Å². The second-order valence-electron chi connectivity index (χ2n) is 5.06. The van der Waals surface area contributed by atoms with E-state index in [1.165, 1.54) is 30.6 Å². The first-order chi connectivity index (χ1) is 8.26. The molecule has 94 valence electrons. The van der Waals surface area contributed by atoms with Crippen LogP contribution < -0.4 is 10.6 Å². The van der Waals surface area contributed by atoms with Crippen LogP contribution in [0.15, 0.2) is 24.3 Å². The van der Waals surface area contributed by atoms with Crippen LogP contribution in [0.2, 0.25) is 0 Å². The quantitative estimate of drug-likeness (QED) is 0.815. The van der Waals surface area contributed by atoms with Gasteiger partial charge in [0, 0.05) is 24.8 Å². The molecule has 0 saturated heterocycles. The number of anilines is 1. The van der Waals surface area contributed by atoms with E-state index in [0.717, 1.165) is 18.9 Å². The average molecular weight is 232 g/mol. The molecule has 1 atom stereocenters. The van der Waals surface area contributed by atoms with Crippen molar-refractivity contribution in [1.29, 1.82) is 0 Å². The van der Waals surface area contributed by atoms with Crippen LogP contribution in [0.3, 0.4) is 0 Å². The van der Waals surface area contributed by atoms with Crippen molar-refractivity contribution in [3.8, 4) is 0 Å². The van der Waals surface area contributed by atoms with Gasteiger partial charge in [0.1, 0.15) is 0 Å². The summed E-state index contributed by atoms with van der Waals surface area (Å²) in [7, 11) is 0. The number of rotatable bonds is 6. The minimum Gasteiger partial charge on any atom is -0.371 e. The molecule has 0 unspecified atom stereocenters. The van der Waals surface area contributed by atoms with Crippen molar-refractivity contribution in [3.05, 3.63) is 29.8 Å². The summed E-state index contributed by atoms with van der Waals surface area (Å²) in [5.74, 6) is 0.917. The molecule has 1 aromatic rings. The van der Waals surface area contributed by atoms with Crippen molar-refractivity contribution in [2.24, 2.45) is 11.7 Å². The highest BCUT2D eigenvalue weighted by molar-refractivity contribution is 5.55. The van der Waals surface area contributed by atoms with Crippen molar-refractivity contribution in [1.82, 2.24) is 0 Å². The van der Waals surface area contributed by atoms with Gasteiger partial charge in [-0.15, -0.1) is 0 Å². The van der Waals surface area contributed by atoms with E-state index in [2.05, 4.69) is 43.0 Å². The molecule has 0 bridgehead atoms. The van der Waals surface area contributed by atoms with E-state index >= 15 is 0 Å². The van der Waals surface area contributed by atoms with Crippen LogP contribution in [-0.4, -0.2) is 13.1 Å². The summed E-state index contributed by atoms with van der Waals surface area (Å²) in [6.45, 7) is 6.66. The Morgan fingerprint density at radius 2 is 2.00 bits per heavy atom. The molecule has 1 aliphatic carbocycles. The molecule has 2 nitrogen and oxygen atoms in total. The average Bonchev–Trinajstić information content (AvgIpc) is 3.19. The Morgan fingerprint density at radius 3 is 2.59 bits per heavy atom. The molecule has 0 amide bonds. The molecule has 0 spiro atoms. The number of nitrogens with zero attached hydrogens (tertiary/aromatic N) is 1. The molecule has 0 heterocycles. The minimum atomic E-state index is 0.166. The first-order valence-corrected chi connectivity index (χ1v) is 6.85. The van der Waals surface area contributed by atoms with E-state index in [1.807, 2.05) is 0 Å². The van der Waals surface area contributed by atoms with Crippen molar-refractivity contribution in [2.45, 2.75) is 39.2 Å². The van der Waals surface area contributed by atoms with Gasteiger partial charge in [-0.05, 0) is 43.7 Å². The number of hydrogen-bond acceptors (Lipinski definition) is 2. The fraction of sp³-hybridized carbons (Fsp3) is 0.600. The van der Waals surface area contributed by atoms with Crippen LogP contribution in [0.4, 0.5) is 5.69 Å². The zero-order valence-electron chi connectivity index (χ0n) is 11.0. The summed E-state index contributed by atoms with van der Waals surface area (Å²) >= 11 is 0. The maximum Gasteiger partial charge on any atom is 0.0414 e. The fourth-order valence-electron chi connectivity index (χ4n) is 2.32. The fourth-order valence-corrected chi connectivity index (χ4v) is 2.32. The molecule has 1 aliphatic rings. The predicted molar refractivity (Wildman–Crippen MR) is 74.3 cm³/mol. The largest absolute Gasteiger partial charge is 0.371 e. The molecule has 0 aliphatic heterocycles. The van der Waals surface area contributed by atoms with E-state index in [0.29, 0.717) is 0 Å². The molecule has 1 aromatic carbocycles. The third kappa shape index (κ3) is 3.01. The summed E-state index contributed by atoms with van der Waals surface area (Å²) in [4.78, 5) is 2.49. The van der Waals surface area contributed by atoms with Gasteiger partial charge in [-0.3, -0.25) is 0 Å². The van der Waals surface area contributed by atoms with Gasteiger partial charge in [-0.1, -0.05) is 25.1 Å². The Morgan fingerprint density at radius 1 is 1.29 bits per heavy atom. The monoisotopic (exact) mass is 232 g/mol. The molecule has 2 rings (SSSR count). The van der Waals surface area contributed by atoms with Crippen LogP contribution in [0.1, 0.15) is 44.7 Å². The maximum absolute atomic E-state index is 6.21. The van der Waals surface area contributed by atoms with Crippen LogP contribution in [-0.2, 0) is 0 Å². The number of hydrogen-bond donors (Lipinski definition) is 1. The second kappa shape index (κ2) is 5.54. The lowest BCUT2D eigenvalue weighted by atomic mass is 10.0. The number of para-hydroxylation sites is 1. The van der Waals surface area contributed by atoms with Gasteiger partial charge in [0.25, 0.3) is 0 Å². The summed E-state index contributed by atoms with van der Waals surface area (Å²) in [6.07, 6.45) is 3.80. The maximum atomic E-state index is 6.21. The van der Waals surface area contributed by atoms with E-state index < -0.39 is 0 Å². The molecule has 0 aromatic heterocycles. The lowest BCUT2D eigenvalue weighted by Gasteiger charge is -2.27. The minimum absolute atomic E-state index is 0.166. The normalized spacial score (nSPS) is 16.9. The Balaban J connectivity index is 2.21. The van der Waals surface area contributed by atoms with E-state index in [1.54, 1.807) is 0 Å². The summed E-state index contributed by atoms with van der Waals surface area (Å²) in [5, 5.41) is 0. The van der Waals surface area contributed by atoms with Crippen molar-refractivity contribution in [2.75, 3.05) is 18.0 Å². The first kappa shape index (κ1) is 12.4. The zero-order chi connectivity index (χ0) is 12.3. The van der Waals surface area contributed by atoms with Gasteiger partial charge in [-0.2, -0.15) is 0 Å². The highest BCUT2D eigenvalue weighted by atomic mass is 15.1. The van der Waals surface area contributed by atoms with Gasteiger partial charge in [-0.25, -0.2) is 0 Å². The van der Waals surface area contributed by atoms with Crippen LogP contribution >= 0.6 is 0 Å². The molecule has 0 radical (unpaired) electrons. The van der Waals surface area contributed by atoms with Gasteiger partial charge < -0.3 is 10.6 Å². The van der Waals surface area contributed by atoms with Gasteiger partial charge >= 0.3 is 0 Å². The molecule has 17 heavy (non-hydrogen) atoms. The number of nitrogens with two attached hydrogens (primary N) is 1. The molecular formula is C15H24N2. The van der Waals surface area contributed by atoms with Crippen molar-refractivity contribution in [3.63, 3.8) is 0 Å². The highest BCUT2D eigenvalue weighted by Gasteiger charge is 2.25. The van der Waals surface area contributed by atoms with Crippen LogP contribution in [0.25, 0.3) is 0 Å². The van der Waals surface area contributed by atoms with Gasteiger partial charge in [0.05, 0.1) is 0 Å². The molecule has 2 N–H and O–H groups in total. The summed E-state index contributed by atoms with van der Waals surface area (Å²) in [5.41, 5.74) is 8.85. The predicted octanol–water partition coefficient (Wildman–Crippen LogP) is 3.33. The summed E-state index contributed by atoms with van der Waals surface area (Å²) < 4.78 is 0. The molecule has 2 heteroatoms. The second-order valence-corrected chi connectivity index (χ2v) is 5.06. The van der Waals surface area contributed by atoms with Crippen molar-refractivity contribution < 1.29 is 0 Å². The third-order valence-corrected chi connectivity index (χ3v) is 3.67. The van der Waals surface area contributed by atoms with Gasteiger partial charge in [0.2, 0.25) is 0 Å². The van der Waals surface area contributed by atoms with Crippen LogP contribution in [0, 0.1) is 5.92 Å². The smallest absolute Gasteiger partial charge is 0.0414 e. The third-order valence-electron chi connectivity index (χ3n) is 3.67. The van der Waals surface area contributed by atoms with E-state index in [9.17, 15) is 0 Å². The molecule has 1 saturated carbocycles. The highest BCUT2D eigenvalue weighted by Crippen LogP contribution is 2.33. The Bertz CT molecular complexity index is 358. The standard InChI is InChI=1S/C15H24N2/c1-3-14(16)13-7-5-6-8-15(13)17(4-2)11-12-9-10-12/h5-8,12,14H,3-4,9-11,16H2,1-2H3/t14-/m1/s1. The Labute approximate surface area is 105 Å². The zero-order valence-corrected chi connectivity index (χ0v) is 11.0. The molecule has 1 fully saturated rings. The Hall–Kier alpha value is -1.02. The summed E-state index contributed by atoms with van der Waals surface area (Å²) in [6, 6.07) is 8.78.